The molecule has 1 aromatic heterocycles. The summed E-state index contributed by atoms with van der Waals surface area (Å²) in [5, 5.41) is 12.3. The van der Waals surface area contributed by atoms with E-state index in [-0.39, 0.29) is 18.4 Å². The van der Waals surface area contributed by atoms with E-state index in [1.54, 1.807) is 36.4 Å². The van der Waals surface area contributed by atoms with Gasteiger partial charge in [-0.05, 0) is 43.3 Å². The number of nitrogens with one attached hydrogen (secondary N) is 3. The van der Waals surface area contributed by atoms with Gasteiger partial charge in [-0.15, -0.1) is 0 Å². The highest BCUT2D eigenvalue weighted by Gasteiger charge is 2.11. The Balaban J connectivity index is 1.24. The van der Waals surface area contributed by atoms with Gasteiger partial charge in [-0.2, -0.15) is 4.98 Å². The summed E-state index contributed by atoms with van der Waals surface area (Å²) in [6.45, 7) is 2.01. The van der Waals surface area contributed by atoms with Crippen molar-refractivity contribution in [3.8, 4) is 11.4 Å². The van der Waals surface area contributed by atoms with Gasteiger partial charge in [-0.1, -0.05) is 53.2 Å². The third-order valence-corrected chi connectivity index (χ3v) is 4.80. The summed E-state index contributed by atoms with van der Waals surface area (Å²) < 4.78 is 5.26. The Labute approximate surface area is 191 Å². The molecule has 4 rings (SSSR count). The Morgan fingerprint density at radius 2 is 1.39 bits per heavy atom. The molecule has 0 aliphatic rings. The molecule has 166 valence electrons. The van der Waals surface area contributed by atoms with E-state index in [9.17, 15) is 9.59 Å². The zero-order chi connectivity index (χ0) is 23.0. The number of rotatable bonds is 7. The highest BCUT2D eigenvalue weighted by Crippen LogP contribution is 2.18. The lowest BCUT2D eigenvalue weighted by Crippen LogP contribution is -2.19. The van der Waals surface area contributed by atoms with Gasteiger partial charge in [0, 0.05) is 35.5 Å². The summed E-state index contributed by atoms with van der Waals surface area (Å²) in [4.78, 5) is 28.7. The number of benzene rings is 3. The number of urea groups is 1. The van der Waals surface area contributed by atoms with Crippen molar-refractivity contribution >= 4 is 29.0 Å². The van der Waals surface area contributed by atoms with E-state index in [2.05, 4.69) is 26.1 Å². The van der Waals surface area contributed by atoms with Gasteiger partial charge in [-0.3, -0.25) is 4.79 Å². The molecule has 8 heteroatoms. The average Bonchev–Trinajstić information content (AvgIpc) is 3.29. The molecule has 0 aliphatic carbocycles. The van der Waals surface area contributed by atoms with E-state index in [0.717, 1.165) is 11.1 Å². The van der Waals surface area contributed by atoms with E-state index >= 15 is 0 Å². The van der Waals surface area contributed by atoms with Crippen LogP contribution in [0.15, 0.2) is 83.4 Å². The molecule has 4 aromatic rings. The van der Waals surface area contributed by atoms with Gasteiger partial charge in [0.2, 0.25) is 17.6 Å². The number of aryl methyl sites for hydroxylation is 2. The first-order valence-electron chi connectivity index (χ1n) is 10.5. The van der Waals surface area contributed by atoms with Crippen molar-refractivity contribution in [1.82, 2.24) is 10.1 Å². The molecule has 0 fully saturated rings. The third kappa shape index (κ3) is 6.27. The van der Waals surface area contributed by atoms with E-state index < -0.39 is 0 Å². The van der Waals surface area contributed by atoms with Gasteiger partial charge in [-0.25, -0.2) is 4.79 Å². The Bertz CT molecular complexity index is 1220. The smallest absolute Gasteiger partial charge is 0.323 e. The van der Waals surface area contributed by atoms with E-state index in [1.165, 1.54) is 0 Å². The van der Waals surface area contributed by atoms with Crippen LogP contribution in [0.3, 0.4) is 0 Å². The van der Waals surface area contributed by atoms with Gasteiger partial charge in [0.15, 0.2) is 0 Å². The summed E-state index contributed by atoms with van der Waals surface area (Å²) in [5.74, 6) is 0.738. The van der Waals surface area contributed by atoms with E-state index in [4.69, 9.17) is 4.52 Å². The van der Waals surface area contributed by atoms with Crippen LogP contribution in [0.2, 0.25) is 0 Å². The monoisotopic (exact) mass is 441 g/mol. The van der Waals surface area contributed by atoms with Gasteiger partial charge in [0.05, 0.1) is 0 Å². The fraction of sp³-hybridized carbons (Fsp3) is 0.120. The van der Waals surface area contributed by atoms with Crippen LogP contribution >= 0.6 is 0 Å². The maximum absolute atomic E-state index is 12.3. The van der Waals surface area contributed by atoms with E-state index in [0.29, 0.717) is 35.2 Å². The number of amides is 3. The molecule has 0 saturated heterocycles. The maximum Gasteiger partial charge on any atom is 0.323 e. The second kappa shape index (κ2) is 10.2. The van der Waals surface area contributed by atoms with Crippen molar-refractivity contribution in [2.45, 2.75) is 19.8 Å². The molecular formula is C25H23N5O3. The van der Waals surface area contributed by atoms with E-state index in [1.807, 2.05) is 49.4 Å². The first-order chi connectivity index (χ1) is 16.0. The molecule has 8 nitrogen and oxygen atoms in total. The number of hydrogen-bond acceptors (Lipinski definition) is 5. The Morgan fingerprint density at radius 3 is 2.06 bits per heavy atom. The molecule has 1 heterocycles. The molecule has 0 unspecified atom stereocenters. The number of nitrogens with zero attached hydrogens (tertiary/aromatic N) is 2. The normalized spacial score (nSPS) is 10.5. The van der Waals surface area contributed by atoms with Crippen LogP contribution in [0, 0.1) is 6.92 Å². The minimum Gasteiger partial charge on any atom is -0.339 e. The van der Waals surface area contributed by atoms with Gasteiger partial charge in [0.1, 0.15) is 0 Å². The number of hydrogen-bond donors (Lipinski definition) is 3. The van der Waals surface area contributed by atoms with Crippen molar-refractivity contribution in [3.05, 3.63) is 90.3 Å². The zero-order valence-corrected chi connectivity index (χ0v) is 18.0. The highest BCUT2D eigenvalue weighted by molar-refractivity contribution is 6.00. The fourth-order valence-electron chi connectivity index (χ4n) is 3.07. The molecule has 0 saturated carbocycles. The lowest BCUT2D eigenvalue weighted by molar-refractivity contribution is -0.116. The van der Waals surface area contributed by atoms with Crippen LogP contribution in [0.4, 0.5) is 21.9 Å². The average molecular weight is 441 g/mol. The Kier molecular flexibility index (Phi) is 6.75. The third-order valence-electron chi connectivity index (χ3n) is 4.80. The van der Waals surface area contributed by atoms with Crippen molar-refractivity contribution < 1.29 is 14.1 Å². The molecule has 0 spiro atoms. The standard InChI is InChI=1S/C25H23N5O3/c1-17-7-9-18(10-8-17)24-29-23(33-30-24)16-15-22(31)26-20-11-13-21(14-12-20)28-25(32)27-19-5-3-2-4-6-19/h2-14H,15-16H2,1H3,(H,26,31)(H2,27,28,32). The maximum atomic E-state index is 12.3. The minimum atomic E-state index is -0.345. The first kappa shape index (κ1) is 21.8. The van der Waals surface area contributed by atoms with Crippen molar-refractivity contribution in [3.63, 3.8) is 0 Å². The van der Waals surface area contributed by atoms with Crippen LogP contribution in [0.1, 0.15) is 17.9 Å². The van der Waals surface area contributed by atoms with Crippen LogP contribution in [0.25, 0.3) is 11.4 Å². The predicted molar refractivity (Wildman–Crippen MR) is 127 cm³/mol. The molecule has 3 aromatic carbocycles. The van der Waals surface area contributed by atoms with Crippen LogP contribution < -0.4 is 16.0 Å². The topological polar surface area (TPSA) is 109 Å². The van der Waals surface area contributed by atoms with Crippen LogP contribution in [0.5, 0.6) is 0 Å². The minimum absolute atomic E-state index is 0.174. The molecule has 3 amide bonds. The molecule has 0 atom stereocenters. The lowest BCUT2D eigenvalue weighted by Gasteiger charge is -2.09. The summed E-state index contributed by atoms with van der Waals surface area (Å²) in [7, 11) is 0. The van der Waals surface area contributed by atoms with Crippen molar-refractivity contribution in [1.29, 1.82) is 0 Å². The zero-order valence-electron chi connectivity index (χ0n) is 18.0. The summed E-state index contributed by atoms with van der Waals surface area (Å²) in [5.41, 5.74) is 3.95. The lowest BCUT2D eigenvalue weighted by atomic mass is 10.1. The second-order valence-electron chi connectivity index (χ2n) is 7.45. The van der Waals surface area contributed by atoms with Gasteiger partial charge < -0.3 is 20.5 Å². The molecule has 0 bridgehead atoms. The Morgan fingerprint density at radius 1 is 0.788 bits per heavy atom. The number of aromatic nitrogens is 2. The number of carbonyl (C=O) groups is 2. The number of para-hydroxylation sites is 1. The van der Waals surface area contributed by atoms with Crippen LogP contribution in [-0.4, -0.2) is 22.1 Å². The molecule has 33 heavy (non-hydrogen) atoms. The summed E-state index contributed by atoms with van der Waals surface area (Å²) in [6, 6.07) is 23.5. The fourth-order valence-corrected chi connectivity index (χ4v) is 3.07. The number of carbonyl (C=O) groups excluding carboxylic acids is 2. The summed E-state index contributed by atoms with van der Waals surface area (Å²) in [6.07, 6.45) is 0.541. The van der Waals surface area contributed by atoms with Crippen molar-refractivity contribution in [2.24, 2.45) is 0 Å². The SMILES string of the molecule is Cc1ccc(-c2noc(CCC(=O)Nc3ccc(NC(=O)Nc4ccccc4)cc3)n2)cc1. The largest absolute Gasteiger partial charge is 0.339 e. The summed E-state index contributed by atoms with van der Waals surface area (Å²) >= 11 is 0. The molecule has 0 aliphatic heterocycles. The number of anilines is 3. The van der Waals surface area contributed by atoms with Crippen molar-refractivity contribution in [2.75, 3.05) is 16.0 Å². The van der Waals surface area contributed by atoms with Gasteiger partial charge in [0.25, 0.3) is 0 Å². The van der Waals surface area contributed by atoms with Gasteiger partial charge >= 0.3 is 6.03 Å². The molecule has 0 radical (unpaired) electrons. The molecule has 3 N–H and O–H groups in total. The molecular weight excluding hydrogens is 418 g/mol. The quantitative estimate of drug-likeness (QED) is 0.362. The predicted octanol–water partition coefficient (Wildman–Crippen LogP) is 5.26. The Hall–Kier alpha value is -4.46. The second-order valence-corrected chi connectivity index (χ2v) is 7.45. The highest BCUT2D eigenvalue weighted by atomic mass is 16.5. The first-order valence-corrected chi connectivity index (χ1v) is 10.5. The van der Waals surface area contributed by atoms with Crippen LogP contribution in [-0.2, 0) is 11.2 Å².